The van der Waals surface area contributed by atoms with Crippen LogP contribution >= 0.6 is 11.3 Å². The number of benzene rings is 3. The van der Waals surface area contributed by atoms with Gasteiger partial charge in [-0.25, -0.2) is 0 Å². The van der Waals surface area contributed by atoms with E-state index in [2.05, 4.69) is 29.3 Å². The summed E-state index contributed by atoms with van der Waals surface area (Å²) < 4.78 is 19.0. The minimum atomic E-state index is -0.364. The molecule has 0 spiro atoms. The fourth-order valence-corrected chi connectivity index (χ4v) is 4.59. The molecule has 1 heterocycles. The van der Waals surface area contributed by atoms with Gasteiger partial charge in [-0.15, -0.1) is 0 Å². The van der Waals surface area contributed by atoms with Gasteiger partial charge in [0.25, 0.3) is 5.91 Å². The van der Waals surface area contributed by atoms with Gasteiger partial charge in [-0.1, -0.05) is 41.7 Å². The van der Waals surface area contributed by atoms with Crippen molar-refractivity contribution in [2.45, 2.75) is 6.54 Å². The molecule has 30 heavy (non-hydrogen) atoms. The molecule has 0 unspecified atom stereocenters. The standard InChI is InChI=1S/C23H22N2O4S/c1-27-13-12-25-19-11-8-15-6-4-5-7-17(15)21(19)30-23(25)24-22(26)18-10-9-16(28-2)14-20(18)29-3/h4-11,14H,12-13H2,1-3H3. The molecule has 3 aromatic carbocycles. The first-order valence-electron chi connectivity index (χ1n) is 9.47. The Kier molecular flexibility index (Phi) is 5.83. The highest BCUT2D eigenvalue weighted by Crippen LogP contribution is 2.28. The van der Waals surface area contributed by atoms with Crippen molar-refractivity contribution in [1.82, 2.24) is 4.57 Å². The second-order valence-corrected chi connectivity index (χ2v) is 7.62. The molecular formula is C23H22N2O4S. The number of methoxy groups -OCH3 is 3. The van der Waals surface area contributed by atoms with Gasteiger partial charge in [0.15, 0.2) is 4.80 Å². The SMILES string of the molecule is COCCn1c(=NC(=O)c2ccc(OC)cc2OC)sc2c3ccccc3ccc21. The smallest absolute Gasteiger partial charge is 0.283 e. The van der Waals surface area contributed by atoms with Crippen molar-refractivity contribution in [3.63, 3.8) is 0 Å². The molecule has 0 fully saturated rings. The summed E-state index contributed by atoms with van der Waals surface area (Å²) in [5, 5.41) is 2.29. The predicted molar refractivity (Wildman–Crippen MR) is 119 cm³/mol. The van der Waals surface area contributed by atoms with Crippen LogP contribution in [0.1, 0.15) is 10.4 Å². The lowest BCUT2D eigenvalue weighted by molar-refractivity contribution is 0.0994. The van der Waals surface area contributed by atoms with Crippen LogP contribution in [0.4, 0.5) is 0 Å². The summed E-state index contributed by atoms with van der Waals surface area (Å²) in [4.78, 5) is 18.1. The number of aromatic nitrogens is 1. The third-order valence-corrected chi connectivity index (χ3v) is 6.06. The van der Waals surface area contributed by atoms with Crippen molar-refractivity contribution in [3.8, 4) is 11.5 Å². The maximum atomic E-state index is 13.0. The maximum absolute atomic E-state index is 13.0. The quantitative estimate of drug-likeness (QED) is 0.466. The van der Waals surface area contributed by atoms with Gasteiger partial charge in [0.05, 0.1) is 36.6 Å². The lowest BCUT2D eigenvalue weighted by atomic mass is 10.1. The van der Waals surface area contributed by atoms with Crippen molar-refractivity contribution in [3.05, 3.63) is 65.0 Å². The van der Waals surface area contributed by atoms with E-state index in [1.165, 1.54) is 18.4 Å². The summed E-state index contributed by atoms with van der Waals surface area (Å²) in [6.07, 6.45) is 0. The van der Waals surface area contributed by atoms with Gasteiger partial charge in [0, 0.05) is 25.1 Å². The highest BCUT2D eigenvalue weighted by atomic mass is 32.1. The molecule has 0 aliphatic carbocycles. The largest absolute Gasteiger partial charge is 0.497 e. The Morgan fingerprint density at radius 2 is 1.87 bits per heavy atom. The number of hydrogen-bond donors (Lipinski definition) is 0. The molecule has 0 saturated heterocycles. The highest BCUT2D eigenvalue weighted by Gasteiger charge is 2.15. The molecule has 0 saturated carbocycles. The molecule has 7 heteroatoms. The second-order valence-electron chi connectivity index (χ2n) is 6.65. The molecule has 4 rings (SSSR count). The van der Waals surface area contributed by atoms with E-state index in [9.17, 15) is 4.79 Å². The summed E-state index contributed by atoms with van der Waals surface area (Å²) in [5.74, 6) is 0.682. The summed E-state index contributed by atoms with van der Waals surface area (Å²) in [7, 11) is 4.76. The van der Waals surface area contributed by atoms with Gasteiger partial charge >= 0.3 is 0 Å². The van der Waals surface area contributed by atoms with Crippen molar-refractivity contribution in [1.29, 1.82) is 0 Å². The van der Waals surface area contributed by atoms with Crippen LogP contribution in [0.5, 0.6) is 11.5 Å². The molecule has 0 atom stereocenters. The van der Waals surface area contributed by atoms with Gasteiger partial charge in [0.2, 0.25) is 0 Å². The number of ether oxygens (including phenoxy) is 3. The fraction of sp³-hybridized carbons (Fsp3) is 0.217. The number of thiazole rings is 1. The Balaban J connectivity index is 1.89. The van der Waals surface area contributed by atoms with Crippen molar-refractivity contribution in [2.75, 3.05) is 27.9 Å². The molecule has 154 valence electrons. The van der Waals surface area contributed by atoms with E-state index in [4.69, 9.17) is 14.2 Å². The van der Waals surface area contributed by atoms with Crippen LogP contribution in [0, 0.1) is 0 Å². The van der Waals surface area contributed by atoms with Crippen molar-refractivity contribution < 1.29 is 19.0 Å². The third kappa shape index (κ3) is 3.69. The number of fused-ring (bicyclic) bond motifs is 3. The van der Waals surface area contributed by atoms with Gasteiger partial charge in [-0.3, -0.25) is 4.79 Å². The summed E-state index contributed by atoms with van der Waals surface area (Å²) in [6.45, 7) is 1.12. The number of rotatable bonds is 6. The number of hydrogen-bond acceptors (Lipinski definition) is 5. The van der Waals surface area contributed by atoms with Crippen LogP contribution in [0.15, 0.2) is 59.6 Å². The summed E-state index contributed by atoms with van der Waals surface area (Å²) in [5.41, 5.74) is 1.42. The molecule has 0 aliphatic rings. The Bertz CT molecular complexity index is 1290. The molecular weight excluding hydrogens is 400 g/mol. The zero-order valence-electron chi connectivity index (χ0n) is 17.0. The van der Waals surface area contributed by atoms with E-state index in [1.54, 1.807) is 32.4 Å². The molecule has 0 aliphatic heterocycles. The van der Waals surface area contributed by atoms with E-state index in [0.29, 0.717) is 35.0 Å². The predicted octanol–water partition coefficient (Wildman–Crippen LogP) is 4.26. The molecule has 1 aromatic heterocycles. The van der Waals surface area contributed by atoms with Crippen molar-refractivity contribution >= 4 is 38.2 Å². The second kappa shape index (κ2) is 8.69. The first kappa shape index (κ1) is 20.1. The molecule has 1 amide bonds. The zero-order chi connectivity index (χ0) is 21.1. The number of amides is 1. The average molecular weight is 423 g/mol. The van der Waals surface area contributed by atoms with Gasteiger partial charge < -0.3 is 18.8 Å². The van der Waals surface area contributed by atoms with Crippen LogP contribution in [0.2, 0.25) is 0 Å². The first-order chi connectivity index (χ1) is 14.7. The first-order valence-corrected chi connectivity index (χ1v) is 10.3. The normalized spacial score (nSPS) is 11.9. The Morgan fingerprint density at radius 3 is 2.63 bits per heavy atom. The molecule has 0 bridgehead atoms. The molecule has 4 aromatic rings. The van der Waals surface area contributed by atoms with Gasteiger partial charge in [0.1, 0.15) is 11.5 Å². The van der Waals surface area contributed by atoms with Crippen LogP contribution in [-0.2, 0) is 11.3 Å². The van der Waals surface area contributed by atoms with Gasteiger partial charge in [-0.2, -0.15) is 4.99 Å². The topological polar surface area (TPSA) is 62.1 Å². The van der Waals surface area contributed by atoms with E-state index in [0.717, 1.165) is 21.0 Å². The number of carbonyl (C=O) groups excluding carboxylic acids is 1. The number of carbonyl (C=O) groups is 1. The summed E-state index contributed by atoms with van der Waals surface area (Å²) >= 11 is 1.50. The third-order valence-electron chi connectivity index (χ3n) is 4.93. The highest BCUT2D eigenvalue weighted by molar-refractivity contribution is 7.17. The fourth-order valence-electron chi connectivity index (χ4n) is 3.40. The monoisotopic (exact) mass is 422 g/mol. The zero-order valence-corrected chi connectivity index (χ0v) is 17.9. The van der Waals surface area contributed by atoms with E-state index < -0.39 is 0 Å². The van der Waals surface area contributed by atoms with Crippen LogP contribution in [0.25, 0.3) is 21.0 Å². The minimum absolute atomic E-state index is 0.364. The van der Waals surface area contributed by atoms with E-state index in [-0.39, 0.29) is 5.91 Å². The lowest BCUT2D eigenvalue weighted by Gasteiger charge is -2.08. The molecule has 0 N–H and O–H groups in total. The average Bonchev–Trinajstić information content (AvgIpc) is 3.14. The lowest BCUT2D eigenvalue weighted by Crippen LogP contribution is -2.19. The van der Waals surface area contributed by atoms with Crippen molar-refractivity contribution in [2.24, 2.45) is 4.99 Å². The van der Waals surface area contributed by atoms with Crippen LogP contribution in [0.3, 0.4) is 0 Å². The van der Waals surface area contributed by atoms with Gasteiger partial charge in [-0.05, 0) is 23.6 Å². The Labute approximate surface area is 178 Å². The molecule has 0 radical (unpaired) electrons. The van der Waals surface area contributed by atoms with Crippen LogP contribution < -0.4 is 14.3 Å². The van der Waals surface area contributed by atoms with E-state index >= 15 is 0 Å². The van der Waals surface area contributed by atoms with E-state index in [1.807, 2.05) is 16.7 Å². The maximum Gasteiger partial charge on any atom is 0.283 e. The number of nitrogens with zero attached hydrogens (tertiary/aromatic N) is 2. The Morgan fingerprint density at radius 1 is 1.03 bits per heavy atom. The minimum Gasteiger partial charge on any atom is -0.497 e. The summed E-state index contributed by atoms with van der Waals surface area (Å²) in [6, 6.07) is 17.4. The van der Waals surface area contributed by atoms with Crippen LogP contribution in [-0.4, -0.2) is 38.4 Å². The Hall–Kier alpha value is -3.16. The molecule has 6 nitrogen and oxygen atoms in total.